The molecule has 1 atom stereocenters. The number of hydrogen-bond donors (Lipinski definition) is 1. The third-order valence-electron chi connectivity index (χ3n) is 2.00. The molecule has 0 bridgehead atoms. The van der Waals surface area contributed by atoms with E-state index in [0.29, 0.717) is 6.42 Å². The third kappa shape index (κ3) is 2.88. The van der Waals surface area contributed by atoms with Crippen LogP contribution in [0.5, 0.6) is 0 Å². The average molecular weight is 320 g/mol. The summed E-state index contributed by atoms with van der Waals surface area (Å²) < 4.78 is 1.18. The van der Waals surface area contributed by atoms with E-state index in [1.807, 2.05) is 25.2 Å². The minimum atomic E-state index is 0.186. The second-order valence-electron chi connectivity index (χ2n) is 2.92. The van der Waals surface area contributed by atoms with Crippen LogP contribution in [0.1, 0.15) is 18.0 Å². The molecule has 74 valence electrons. The van der Waals surface area contributed by atoms with Crippen molar-refractivity contribution in [1.82, 2.24) is 5.32 Å². The highest BCUT2D eigenvalue weighted by molar-refractivity contribution is 14.1. The number of halogens is 2. The molecule has 3 heteroatoms. The second-order valence-corrected chi connectivity index (χ2v) is 4.51. The Kier molecular flexibility index (Phi) is 4.73. The van der Waals surface area contributed by atoms with E-state index in [0.717, 1.165) is 5.02 Å². The SMILES string of the molecule is C#CCC(NC)c1cc(Cl)ccc1I. The van der Waals surface area contributed by atoms with Gasteiger partial charge in [0.05, 0.1) is 0 Å². The van der Waals surface area contributed by atoms with Gasteiger partial charge in [-0.15, -0.1) is 12.3 Å². The Morgan fingerprint density at radius 3 is 2.93 bits per heavy atom. The largest absolute Gasteiger partial charge is 0.312 e. The lowest BCUT2D eigenvalue weighted by Crippen LogP contribution is -2.16. The van der Waals surface area contributed by atoms with Gasteiger partial charge in [-0.05, 0) is 53.4 Å². The molecule has 0 fully saturated rings. The number of benzene rings is 1. The molecule has 1 aromatic rings. The van der Waals surface area contributed by atoms with Crippen LogP contribution in [0.25, 0.3) is 0 Å². The second kappa shape index (κ2) is 5.59. The molecule has 0 aromatic heterocycles. The maximum Gasteiger partial charge on any atom is 0.0439 e. The smallest absolute Gasteiger partial charge is 0.0439 e. The molecule has 0 aliphatic heterocycles. The maximum atomic E-state index is 5.94. The molecule has 0 radical (unpaired) electrons. The predicted molar refractivity (Wildman–Crippen MR) is 69.4 cm³/mol. The van der Waals surface area contributed by atoms with Crippen LogP contribution in [0.4, 0.5) is 0 Å². The van der Waals surface area contributed by atoms with E-state index in [9.17, 15) is 0 Å². The molecule has 0 saturated heterocycles. The standard InChI is InChI=1S/C11H11ClIN/c1-3-4-11(14-2)9-7-8(12)5-6-10(9)13/h1,5-7,11,14H,4H2,2H3. The van der Waals surface area contributed by atoms with E-state index in [1.54, 1.807) is 0 Å². The van der Waals surface area contributed by atoms with Crippen LogP contribution in [-0.2, 0) is 0 Å². The van der Waals surface area contributed by atoms with Crippen LogP contribution in [0.15, 0.2) is 18.2 Å². The molecule has 1 unspecified atom stereocenters. The fourth-order valence-corrected chi connectivity index (χ4v) is 2.16. The van der Waals surface area contributed by atoms with Crippen molar-refractivity contribution in [1.29, 1.82) is 0 Å². The van der Waals surface area contributed by atoms with Crippen LogP contribution >= 0.6 is 34.2 Å². The van der Waals surface area contributed by atoms with Crippen LogP contribution in [0.2, 0.25) is 5.02 Å². The first kappa shape index (κ1) is 11.8. The molecular formula is C11H11ClIN. The molecule has 1 aromatic carbocycles. The van der Waals surface area contributed by atoms with Gasteiger partial charge < -0.3 is 5.32 Å². The van der Waals surface area contributed by atoms with E-state index < -0.39 is 0 Å². The van der Waals surface area contributed by atoms with Crippen LogP contribution in [0.3, 0.4) is 0 Å². The normalized spacial score (nSPS) is 12.1. The van der Waals surface area contributed by atoms with Crippen LogP contribution in [0, 0.1) is 15.9 Å². The molecule has 1 N–H and O–H groups in total. The van der Waals surface area contributed by atoms with Crippen molar-refractivity contribution in [3.05, 3.63) is 32.4 Å². The van der Waals surface area contributed by atoms with E-state index in [-0.39, 0.29) is 6.04 Å². The minimum absolute atomic E-state index is 0.186. The predicted octanol–water partition coefficient (Wildman–Crippen LogP) is 3.23. The first-order valence-corrected chi connectivity index (χ1v) is 5.70. The van der Waals surface area contributed by atoms with Crippen molar-refractivity contribution in [3.8, 4) is 12.3 Å². The molecule has 0 aliphatic rings. The summed E-state index contributed by atoms with van der Waals surface area (Å²) >= 11 is 8.22. The minimum Gasteiger partial charge on any atom is -0.312 e. The number of hydrogen-bond acceptors (Lipinski definition) is 1. The summed E-state index contributed by atoms with van der Waals surface area (Å²) in [6.07, 6.45) is 5.98. The van der Waals surface area contributed by atoms with Gasteiger partial charge in [0.15, 0.2) is 0 Å². The van der Waals surface area contributed by atoms with Crippen molar-refractivity contribution < 1.29 is 0 Å². The molecule has 1 nitrogen and oxygen atoms in total. The van der Waals surface area contributed by atoms with E-state index in [1.165, 1.54) is 9.13 Å². The summed E-state index contributed by atoms with van der Waals surface area (Å²) in [6, 6.07) is 6.03. The average Bonchev–Trinajstić information content (AvgIpc) is 2.18. The molecule has 0 saturated carbocycles. The van der Waals surface area contributed by atoms with Gasteiger partial charge in [-0.2, -0.15) is 0 Å². The van der Waals surface area contributed by atoms with Crippen molar-refractivity contribution in [3.63, 3.8) is 0 Å². The van der Waals surface area contributed by atoms with E-state index in [4.69, 9.17) is 18.0 Å². The molecule has 0 aliphatic carbocycles. The van der Waals surface area contributed by atoms with Crippen molar-refractivity contribution in [2.45, 2.75) is 12.5 Å². The number of terminal acetylenes is 1. The van der Waals surface area contributed by atoms with Crippen LogP contribution in [-0.4, -0.2) is 7.05 Å². The van der Waals surface area contributed by atoms with Gasteiger partial charge in [0.1, 0.15) is 0 Å². The summed E-state index contributed by atoms with van der Waals surface area (Å²) in [5.41, 5.74) is 1.17. The van der Waals surface area contributed by atoms with Gasteiger partial charge in [-0.1, -0.05) is 11.6 Å². The lowest BCUT2D eigenvalue weighted by Gasteiger charge is -2.15. The first-order valence-electron chi connectivity index (χ1n) is 4.24. The highest BCUT2D eigenvalue weighted by atomic mass is 127. The summed E-state index contributed by atoms with van der Waals surface area (Å²) in [4.78, 5) is 0. The van der Waals surface area contributed by atoms with Gasteiger partial charge in [0, 0.05) is 21.1 Å². The molecular weight excluding hydrogens is 308 g/mol. The highest BCUT2D eigenvalue weighted by Gasteiger charge is 2.11. The maximum absolute atomic E-state index is 5.94. The monoisotopic (exact) mass is 319 g/mol. The lowest BCUT2D eigenvalue weighted by atomic mass is 10.0. The Labute approximate surface area is 103 Å². The zero-order valence-corrected chi connectivity index (χ0v) is 10.8. The fraction of sp³-hybridized carbons (Fsp3) is 0.273. The Bertz CT molecular complexity index is 357. The Morgan fingerprint density at radius 1 is 1.64 bits per heavy atom. The van der Waals surface area contributed by atoms with Gasteiger partial charge in [0.25, 0.3) is 0 Å². The third-order valence-corrected chi connectivity index (χ3v) is 3.22. The van der Waals surface area contributed by atoms with Gasteiger partial charge in [-0.3, -0.25) is 0 Å². The zero-order valence-electron chi connectivity index (χ0n) is 7.85. The van der Waals surface area contributed by atoms with Gasteiger partial charge in [-0.25, -0.2) is 0 Å². The van der Waals surface area contributed by atoms with E-state index in [2.05, 4.69) is 33.8 Å². The van der Waals surface area contributed by atoms with Crippen LogP contribution < -0.4 is 5.32 Å². The first-order chi connectivity index (χ1) is 6.69. The van der Waals surface area contributed by atoms with Crippen molar-refractivity contribution in [2.75, 3.05) is 7.05 Å². The Balaban J connectivity index is 3.03. The quantitative estimate of drug-likeness (QED) is 0.666. The summed E-state index contributed by atoms with van der Waals surface area (Å²) in [5, 5.41) is 3.93. The zero-order chi connectivity index (χ0) is 10.6. The summed E-state index contributed by atoms with van der Waals surface area (Å²) in [6.45, 7) is 0. The lowest BCUT2D eigenvalue weighted by molar-refractivity contribution is 0.609. The number of rotatable bonds is 3. The molecule has 0 heterocycles. The summed E-state index contributed by atoms with van der Waals surface area (Å²) in [5.74, 6) is 2.65. The van der Waals surface area contributed by atoms with Crippen molar-refractivity contribution in [2.24, 2.45) is 0 Å². The fourth-order valence-electron chi connectivity index (χ4n) is 1.27. The molecule has 0 spiro atoms. The van der Waals surface area contributed by atoms with Gasteiger partial charge in [0.2, 0.25) is 0 Å². The molecule has 0 amide bonds. The topological polar surface area (TPSA) is 12.0 Å². The van der Waals surface area contributed by atoms with Gasteiger partial charge >= 0.3 is 0 Å². The molecule has 14 heavy (non-hydrogen) atoms. The Morgan fingerprint density at radius 2 is 2.36 bits per heavy atom. The Hall–Kier alpha value is -0.240. The van der Waals surface area contributed by atoms with E-state index >= 15 is 0 Å². The molecule has 1 rings (SSSR count). The summed E-state index contributed by atoms with van der Waals surface area (Å²) in [7, 11) is 1.90. The number of nitrogens with one attached hydrogen (secondary N) is 1. The van der Waals surface area contributed by atoms with Crippen molar-refractivity contribution >= 4 is 34.2 Å². The highest BCUT2D eigenvalue weighted by Crippen LogP contribution is 2.25.